The van der Waals surface area contributed by atoms with Gasteiger partial charge in [0.25, 0.3) is 0 Å². The number of allylic oxidation sites excluding steroid dienone is 1. The first-order valence-corrected chi connectivity index (χ1v) is 8.50. The molecule has 26 heavy (non-hydrogen) atoms. The van der Waals surface area contributed by atoms with E-state index < -0.39 is 29.3 Å². The van der Waals surface area contributed by atoms with Gasteiger partial charge in [0.2, 0.25) is 0 Å². The summed E-state index contributed by atoms with van der Waals surface area (Å²) in [6, 6.07) is 2.56. The van der Waals surface area contributed by atoms with E-state index in [2.05, 4.69) is 0 Å². The number of rotatable bonds is 1. The lowest BCUT2D eigenvalue weighted by Crippen LogP contribution is -2.35. The molecule has 3 nitrogen and oxygen atoms in total. The van der Waals surface area contributed by atoms with E-state index in [4.69, 9.17) is 4.74 Å². The molecule has 2 aliphatic rings. The molecule has 0 saturated carbocycles. The first-order chi connectivity index (χ1) is 11.9. The molecule has 1 aromatic rings. The van der Waals surface area contributed by atoms with Crippen LogP contribution in [0.15, 0.2) is 24.3 Å². The van der Waals surface area contributed by atoms with Crippen LogP contribution in [0.5, 0.6) is 0 Å². The predicted octanol–water partition coefficient (Wildman–Crippen LogP) is 5.11. The second-order valence-electron chi connectivity index (χ2n) is 7.89. The molecular weight excluding hydrogens is 350 g/mol. The maximum absolute atomic E-state index is 13.5. The molecule has 0 spiro atoms. The predicted molar refractivity (Wildman–Crippen MR) is 88.8 cm³/mol. The summed E-state index contributed by atoms with van der Waals surface area (Å²) in [6.07, 6.45) is -2.82. The Kier molecular flexibility index (Phi) is 4.53. The van der Waals surface area contributed by atoms with Crippen LogP contribution in [0, 0.1) is 17.7 Å². The second kappa shape index (κ2) is 6.28. The standard InChI is InChI=1S/C19H21F4NO2/c1-18(2,3)26-17(25)24-9-12-6-11(7-13(12)10-24)15-8-14(20)4-5-16(15)19(21,22)23/h4-6,8,12-13H,7,9-10H2,1-3H3. The highest BCUT2D eigenvalue weighted by molar-refractivity contribution is 5.73. The van der Waals surface area contributed by atoms with Crippen molar-refractivity contribution in [2.75, 3.05) is 13.1 Å². The molecule has 0 aromatic heterocycles. The van der Waals surface area contributed by atoms with Crippen LogP contribution in [0.4, 0.5) is 22.4 Å². The van der Waals surface area contributed by atoms with Crippen LogP contribution in [0.25, 0.3) is 5.57 Å². The summed E-state index contributed by atoms with van der Waals surface area (Å²) in [5.41, 5.74) is -1.03. The van der Waals surface area contributed by atoms with Crippen molar-refractivity contribution in [2.24, 2.45) is 11.8 Å². The highest BCUT2D eigenvalue weighted by Crippen LogP contribution is 2.44. The number of hydrogen-bond donors (Lipinski definition) is 0. The largest absolute Gasteiger partial charge is 0.444 e. The molecule has 7 heteroatoms. The number of likely N-dealkylation sites (tertiary alicyclic amines) is 1. The lowest BCUT2D eigenvalue weighted by molar-refractivity contribution is -0.137. The van der Waals surface area contributed by atoms with Crippen molar-refractivity contribution in [3.8, 4) is 0 Å². The number of carbonyl (C=O) groups excluding carboxylic acids is 1. The fraction of sp³-hybridized carbons (Fsp3) is 0.526. The molecule has 2 unspecified atom stereocenters. The van der Waals surface area contributed by atoms with E-state index in [1.165, 1.54) is 0 Å². The maximum atomic E-state index is 13.5. The SMILES string of the molecule is CC(C)(C)OC(=O)N1CC2C=C(c3cc(F)ccc3C(F)(F)F)CC2C1. The summed E-state index contributed by atoms with van der Waals surface area (Å²) in [5, 5.41) is 0. The van der Waals surface area contributed by atoms with Crippen molar-refractivity contribution in [3.05, 3.63) is 41.2 Å². The molecule has 0 radical (unpaired) electrons. The van der Waals surface area contributed by atoms with Gasteiger partial charge in [0.15, 0.2) is 0 Å². The van der Waals surface area contributed by atoms with Gasteiger partial charge in [-0.2, -0.15) is 13.2 Å². The molecule has 1 aliphatic carbocycles. The van der Waals surface area contributed by atoms with Crippen molar-refractivity contribution < 1.29 is 27.1 Å². The third-order valence-electron chi connectivity index (χ3n) is 4.67. The number of halogens is 4. The van der Waals surface area contributed by atoms with Gasteiger partial charge in [-0.05, 0) is 68.4 Å². The smallest absolute Gasteiger partial charge is 0.416 e. The zero-order valence-corrected chi connectivity index (χ0v) is 14.9. The van der Waals surface area contributed by atoms with E-state index >= 15 is 0 Å². The van der Waals surface area contributed by atoms with Crippen molar-refractivity contribution >= 4 is 11.7 Å². The molecular formula is C19H21F4NO2. The first-order valence-electron chi connectivity index (χ1n) is 8.50. The summed E-state index contributed by atoms with van der Waals surface area (Å²) in [4.78, 5) is 13.7. The van der Waals surface area contributed by atoms with E-state index in [0.29, 0.717) is 25.1 Å². The number of ether oxygens (including phenoxy) is 1. The number of hydrogen-bond acceptors (Lipinski definition) is 2. The molecule has 1 aliphatic heterocycles. The van der Waals surface area contributed by atoms with Crippen molar-refractivity contribution in [1.29, 1.82) is 0 Å². The minimum Gasteiger partial charge on any atom is -0.444 e. The quantitative estimate of drug-likeness (QED) is 0.642. The van der Waals surface area contributed by atoms with Crippen LogP contribution in [0.3, 0.4) is 0 Å². The molecule has 0 N–H and O–H groups in total. The summed E-state index contributed by atoms with van der Waals surface area (Å²) in [5.74, 6) is -0.704. The minimum absolute atomic E-state index is 0.0295. The molecule has 0 bridgehead atoms. The normalized spacial score (nSPS) is 23.0. The third kappa shape index (κ3) is 3.86. The zero-order valence-electron chi connectivity index (χ0n) is 14.9. The van der Waals surface area contributed by atoms with Crippen LogP contribution in [0.2, 0.25) is 0 Å². The van der Waals surface area contributed by atoms with Crippen LogP contribution >= 0.6 is 0 Å². The number of nitrogens with zero attached hydrogens (tertiary/aromatic N) is 1. The van der Waals surface area contributed by atoms with Crippen LogP contribution in [0.1, 0.15) is 38.3 Å². The molecule has 1 amide bonds. The second-order valence-corrected chi connectivity index (χ2v) is 7.89. The van der Waals surface area contributed by atoms with Crippen molar-refractivity contribution in [2.45, 2.75) is 39.0 Å². The monoisotopic (exact) mass is 371 g/mol. The molecule has 2 atom stereocenters. The van der Waals surface area contributed by atoms with Gasteiger partial charge in [-0.25, -0.2) is 9.18 Å². The van der Waals surface area contributed by atoms with Gasteiger partial charge in [-0.3, -0.25) is 0 Å². The van der Waals surface area contributed by atoms with Crippen molar-refractivity contribution in [3.63, 3.8) is 0 Å². The minimum atomic E-state index is -4.54. The fourth-order valence-electron chi connectivity index (χ4n) is 3.61. The Morgan fingerprint density at radius 3 is 2.46 bits per heavy atom. The van der Waals surface area contributed by atoms with Crippen LogP contribution in [-0.4, -0.2) is 29.7 Å². The highest BCUT2D eigenvalue weighted by Gasteiger charge is 2.42. The summed E-state index contributed by atoms with van der Waals surface area (Å²) in [7, 11) is 0. The van der Waals surface area contributed by atoms with Crippen LogP contribution < -0.4 is 0 Å². The van der Waals surface area contributed by atoms with E-state index in [1.807, 2.05) is 0 Å². The van der Waals surface area contributed by atoms with Gasteiger partial charge in [0, 0.05) is 13.1 Å². The molecule has 1 saturated heterocycles. The molecule has 1 heterocycles. The molecule has 1 fully saturated rings. The average molecular weight is 371 g/mol. The topological polar surface area (TPSA) is 29.5 Å². The first kappa shape index (κ1) is 18.7. The Bertz CT molecular complexity index is 749. The summed E-state index contributed by atoms with van der Waals surface area (Å²) < 4.78 is 58.6. The number of carbonyl (C=O) groups is 1. The van der Waals surface area contributed by atoms with E-state index in [1.54, 1.807) is 31.7 Å². The van der Waals surface area contributed by atoms with Gasteiger partial charge in [-0.15, -0.1) is 0 Å². The van der Waals surface area contributed by atoms with Gasteiger partial charge in [-0.1, -0.05) is 6.08 Å². The molecule has 142 valence electrons. The Morgan fingerprint density at radius 2 is 1.88 bits per heavy atom. The summed E-state index contributed by atoms with van der Waals surface area (Å²) >= 11 is 0. The van der Waals surface area contributed by atoms with E-state index in [-0.39, 0.29) is 17.4 Å². The Labute approximate surface area is 149 Å². The zero-order chi connectivity index (χ0) is 19.3. The maximum Gasteiger partial charge on any atom is 0.416 e. The third-order valence-corrected chi connectivity index (χ3v) is 4.67. The highest BCUT2D eigenvalue weighted by atomic mass is 19.4. The average Bonchev–Trinajstić information content (AvgIpc) is 3.02. The molecule has 1 aromatic carbocycles. The summed E-state index contributed by atoms with van der Waals surface area (Å²) in [6.45, 7) is 6.17. The fourth-order valence-corrected chi connectivity index (χ4v) is 3.61. The lowest BCUT2D eigenvalue weighted by Gasteiger charge is -2.25. The molecule has 3 rings (SSSR count). The number of benzene rings is 1. The van der Waals surface area contributed by atoms with E-state index in [0.717, 1.165) is 18.2 Å². The van der Waals surface area contributed by atoms with E-state index in [9.17, 15) is 22.4 Å². The lowest BCUT2D eigenvalue weighted by atomic mass is 9.95. The number of amides is 1. The van der Waals surface area contributed by atoms with Crippen molar-refractivity contribution in [1.82, 2.24) is 4.90 Å². The van der Waals surface area contributed by atoms with Gasteiger partial charge in [0.1, 0.15) is 11.4 Å². The van der Waals surface area contributed by atoms with Gasteiger partial charge >= 0.3 is 12.3 Å². The Balaban J connectivity index is 1.79. The van der Waals surface area contributed by atoms with Gasteiger partial charge < -0.3 is 9.64 Å². The number of fused-ring (bicyclic) bond motifs is 1. The van der Waals surface area contributed by atoms with Gasteiger partial charge in [0.05, 0.1) is 5.56 Å². The Hall–Kier alpha value is -2.05. The Morgan fingerprint density at radius 1 is 1.19 bits per heavy atom. The van der Waals surface area contributed by atoms with Crippen LogP contribution in [-0.2, 0) is 10.9 Å². The number of alkyl halides is 3.